The minimum absolute atomic E-state index is 0.0173. The third-order valence-electron chi connectivity index (χ3n) is 4.11. The average Bonchev–Trinajstić information content (AvgIpc) is 2.72. The normalized spacial score (nSPS) is 12.0. The van der Waals surface area contributed by atoms with Gasteiger partial charge in [0.2, 0.25) is 0 Å². The Bertz CT molecular complexity index is 1210. The summed E-state index contributed by atoms with van der Waals surface area (Å²) in [4.78, 5) is -0.427. The summed E-state index contributed by atoms with van der Waals surface area (Å²) in [5, 5.41) is 28.4. The van der Waals surface area contributed by atoms with Crippen molar-refractivity contribution in [2.45, 2.75) is 11.8 Å². The van der Waals surface area contributed by atoms with Gasteiger partial charge in [0, 0.05) is 12.7 Å². The first kappa shape index (κ1) is 21.1. The summed E-state index contributed by atoms with van der Waals surface area (Å²) in [7, 11) is -2.78. The zero-order valence-corrected chi connectivity index (χ0v) is 17.0. The van der Waals surface area contributed by atoms with Crippen LogP contribution in [0, 0.1) is 6.92 Å². The molecule has 3 rings (SSSR count). The average molecular weight is 425 g/mol. The van der Waals surface area contributed by atoms with E-state index in [2.05, 4.69) is 25.8 Å². The third kappa shape index (κ3) is 5.25. The highest BCUT2D eigenvalue weighted by molar-refractivity contribution is 7.86. The van der Waals surface area contributed by atoms with Crippen molar-refractivity contribution in [3.63, 3.8) is 0 Å². The number of phenolic OH excluding ortho intramolecular Hbond substituents is 1. The van der Waals surface area contributed by atoms with Crippen LogP contribution in [0.4, 0.5) is 28.4 Å². The molecule has 10 heteroatoms. The van der Waals surface area contributed by atoms with Crippen molar-refractivity contribution in [1.29, 1.82) is 0 Å². The van der Waals surface area contributed by atoms with E-state index < -0.39 is 15.0 Å². The topological polar surface area (TPSA) is 136 Å². The molecule has 0 bridgehead atoms. The Hall–Kier alpha value is -3.63. The van der Waals surface area contributed by atoms with Crippen molar-refractivity contribution < 1.29 is 18.1 Å². The Labute approximate surface area is 173 Å². The minimum Gasteiger partial charge on any atom is -0.508 e. The van der Waals surface area contributed by atoms with Gasteiger partial charge in [0.15, 0.2) is 0 Å². The first-order valence-electron chi connectivity index (χ1n) is 8.79. The first-order chi connectivity index (χ1) is 14.3. The van der Waals surface area contributed by atoms with Crippen molar-refractivity contribution in [1.82, 2.24) is 0 Å². The van der Waals surface area contributed by atoms with Gasteiger partial charge >= 0.3 is 0 Å². The second kappa shape index (κ2) is 8.80. The van der Waals surface area contributed by atoms with Crippen LogP contribution in [0.3, 0.4) is 0 Å². The molecule has 0 fully saturated rings. The monoisotopic (exact) mass is 425 g/mol. The van der Waals surface area contributed by atoms with Crippen LogP contribution >= 0.6 is 0 Å². The molecule has 0 unspecified atom stereocenters. The number of azo groups is 2. The van der Waals surface area contributed by atoms with Gasteiger partial charge in [-0.15, -0.1) is 5.11 Å². The summed E-state index contributed by atoms with van der Waals surface area (Å²) in [5.74, 6) is 0.0918. The minimum atomic E-state index is -4.57. The maximum absolute atomic E-state index is 11.9. The number of nitrogens with one attached hydrogen (secondary N) is 1. The molecule has 0 saturated carbocycles. The van der Waals surface area contributed by atoms with Crippen molar-refractivity contribution in [2.75, 3.05) is 12.4 Å². The molecule has 0 aromatic heterocycles. The van der Waals surface area contributed by atoms with Crippen molar-refractivity contribution in [3.05, 3.63) is 66.2 Å². The molecule has 0 aliphatic rings. The van der Waals surface area contributed by atoms with Crippen molar-refractivity contribution >= 4 is 38.6 Å². The number of nitrogens with zero attached hydrogens (tertiary/aromatic N) is 4. The van der Waals surface area contributed by atoms with E-state index in [4.69, 9.17) is 0 Å². The maximum Gasteiger partial charge on any atom is 0.296 e. The van der Waals surface area contributed by atoms with E-state index in [1.165, 1.54) is 24.3 Å². The lowest BCUT2D eigenvalue weighted by atomic mass is 10.2. The van der Waals surface area contributed by atoms with Gasteiger partial charge in [-0.25, -0.2) is 0 Å². The van der Waals surface area contributed by atoms with Gasteiger partial charge in [-0.1, -0.05) is 0 Å². The van der Waals surface area contributed by atoms with Gasteiger partial charge in [-0.3, -0.25) is 4.55 Å². The molecule has 3 N–H and O–H groups in total. The molecule has 0 aliphatic heterocycles. The largest absolute Gasteiger partial charge is 0.508 e. The molecule has 0 spiro atoms. The summed E-state index contributed by atoms with van der Waals surface area (Å²) in [6.45, 7) is 1.71. The standard InChI is InChI=1S/C20H19N5O4S/c1-13-11-19(25-23-15-5-3-14(21-2)4-6-15)20(30(27,28)29)12-18(13)24-22-16-7-9-17(26)10-8-16/h3-12,21,26H,1-2H3,(H,27,28,29). The maximum atomic E-state index is 11.9. The molecule has 9 nitrogen and oxygen atoms in total. The molecule has 154 valence electrons. The van der Waals surface area contributed by atoms with Crippen LogP contribution in [0.5, 0.6) is 5.75 Å². The number of aryl methyl sites for hydroxylation is 1. The smallest absolute Gasteiger partial charge is 0.296 e. The van der Waals surface area contributed by atoms with E-state index in [1.807, 2.05) is 0 Å². The van der Waals surface area contributed by atoms with Crippen LogP contribution in [0.2, 0.25) is 0 Å². The van der Waals surface area contributed by atoms with Gasteiger partial charge in [0.25, 0.3) is 10.1 Å². The zero-order chi connectivity index (χ0) is 21.7. The third-order valence-corrected chi connectivity index (χ3v) is 4.99. The molecular formula is C20H19N5O4S. The summed E-state index contributed by atoms with van der Waals surface area (Å²) < 4.78 is 33.4. The Balaban J connectivity index is 1.96. The predicted molar refractivity (Wildman–Crippen MR) is 113 cm³/mol. The quantitative estimate of drug-likeness (QED) is 0.338. The SMILES string of the molecule is CNc1ccc(N=Nc2cc(C)c(N=Nc3ccc(O)cc3)cc2S(=O)(=O)O)cc1. The number of anilines is 1. The molecule has 30 heavy (non-hydrogen) atoms. The summed E-state index contributed by atoms with van der Waals surface area (Å²) in [6.07, 6.45) is 0. The van der Waals surface area contributed by atoms with Crippen LogP contribution in [0.15, 0.2) is 86.0 Å². The first-order valence-corrected chi connectivity index (χ1v) is 10.2. The van der Waals surface area contributed by atoms with Crippen molar-refractivity contribution in [3.8, 4) is 5.75 Å². The van der Waals surface area contributed by atoms with Crippen LogP contribution in [0.1, 0.15) is 5.56 Å². The van der Waals surface area contributed by atoms with Crippen LogP contribution < -0.4 is 5.32 Å². The van der Waals surface area contributed by atoms with E-state index in [0.29, 0.717) is 16.9 Å². The van der Waals surface area contributed by atoms with E-state index >= 15 is 0 Å². The highest BCUT2D eigenvalue weighted by Crippen LogP contribution is 2.34. The Morgan fingerprint density at radius 1 is 0.800 bits per heavy atom. The number of phenols is 1. The summed E-state index contributed by atoms with van der Waals surface area (Å²) in [5.41, 5.74) is 2.69. The second-order valence-corrected chi connectivity index (χ2v) is 7.68. The van der Waals surface area contributed by atoms with Gasteiger partial charge in [0.05, 0.1) is 17.1 Å². The molecule has 3 aromatic carbocycles. The van der Waals surface area contributed by atoms with E-state index in [0.717, 1.165) is 5.69 Å². The molecule has 3 aromatic rings. The van der Waals surface area contributed by atoms with E-state index in [1.54, 1.807) is 50.4 Å². The number of benzene rings is 3. The lowest BCUT2D eigenvalue weighted by molar-refractivity contribution is 0.475. The zero-order valence-electron chi connectivity index (χ0n) is 16.2. The van der Waals surface area contributed by atoms with Gasteiger partial charge in [0.1, 0.15) is 16.3 Å². The van der Waals surface area contributed by atoms with Crippen LogP contribution in [0.25, 0.3) is 0 Å². The molecule has 0 heterocycles. The number of hydrogen-bond acceptors (Lipinski definition) is 8. The summed E-state index contributed by atoms with van der Waals surface area (Å²) >= 11 is 0. The Morgan fingerprint density at radius 2 is 1.33 bits per heavy atom. The Morgan fingerprint density at radius 3 is 1.87 bits per heavy atom. The van der Waals surface area contributed by atoms with Crippen molar-refractivity contribution in [2.24, 2.45) is 20.5 Å². The lowest BCUT2D eigenvalue weighted by Crippen LogP contribution is -1.98. The van der Waals surface area contributed by atoms with Gasteiger partial charge < -0.3 is 10.4 Å². The number of rotatable bonds is 6. The molecular weight excluding hydrogens is 406 g/mol. The predicted octanol–water partition coefficient (Wildman–Crippen LogP) is 5.82. The van der Waals surface area contributed by atoms with Crippen LogP contribution in [-0.4, -0.2) is 25.1 Å². The summed E-state index contributed by atoms with van der Waals surface area (Å²) in [6, 6.07) is 15.7. The second-order valence-electron chi connectivity index (χ2n) is 6.29. The highest BCUT2D eigenvalue weighted by Gasteiger charge is 2.18. The van der Waals surface area contributed by atoms with E-state index in [9.17, 15) is 18.1 Å². The molecule has 0 aliphatic carbocycles. The van der Waals surface area contributed by atoms with Crippen LogP contribution in [-0.2, 0) is 10.1 Å². The lowest BCUT2D eigenvalue weighted by Gasteiger charge is -2.06. The molecule has 0 amide bonds. The molecule has 0 saturated heterocycles. The fourth-order valence-electron chi connectivity index (χ4n) is 2.49. The van der Waals surface area contributed by atoms with E-state index in [-0.39, 0.29) is 17.1 Å². The Kier molecular flexibility index (Phi) is 6.19. The molecule has 0 radical (unpaired) electrons. The fraction of sp³-hybridized carbons (Fsp3) is 0.100. The number of aromatic hydroxyl groups is 1. The molecule has 0 atom stereocenters. The van der Waals surface area contributed by atoms with Gasteiger partial charge in [-0.05, 0) is 73.2 Å². The highest BCUT2D eigenvalue weighted by atomic mass is 32.2. The van der Waals surface area contributed by atoms with Gasteiger partial charge in [-0.2, -0.15) is 23.8 Å². The fourth-order valence-corrected chi connectivity index (χ4v) is 3.12. The number of hydrogen-bond donors (Lipinski definition) is 3.